The molecule has 0 amide bonds. The van der Waals surface area contributed by atoms with E-state index in [1.165, 1.54) is 25.7 Å². The average Bonchev–Trinajstić information content (AvgIpc) is 2.59. The van der Waals surface area contributed by atoms with Crippen LogP contribution in [0.1, 0.15) is 56.6 Å². The maximum absolute atomic E-state index is 6.00. The third-order valence-corrected chi connectivity index (χ3v) is 2.50. The zero-order chi connectivity index (χ0) is 10.4. The Morgan fingerprint density at radius 2 is 2.07 bits per heavy atom. The first kappa shape index (κ1) is 11.3. The lowest BCUT2D eigenvalue weighted by Crippen LogP contribution is -2.08. The van der Waals surface area contributed by atoms with Crippen molar-refractivity contribution in [3.63, 3.8) is 0 Å². The van der Waals surface area contributed by atoms with Gasteiger partial charge in [-0.25, -0.2) is 0 Å². The van der Waals surface area contributed by atoms with E-state index in [0.717, 1.165) is 17.9 Å². The zero-order valence-corrected chi connectivity index (χ0v) is 9.25. The van der Waals surface area contributed by atoms with Gasteiger partial charge in [-0.2, -0.15) is 0 Å². The van der Waals surface area contributed by atoms with E-state index >= 15 is 0 Å². The van der Waals surface area contributed by atoms with E-state index in [0.29, 0.717) is 0 Å². The topological polar surface area (TPSA) is 39.2 Å². The van der Waals surface area contributed by atoms with Crippen LogP contribution in [0.4, 0.5) is 0 Å². The monoisotopic (exact) mass is 195 g/mol. The van der Waals surface area contributed by atoms with Gasteiger partial charge >= 0.3 is 0 Å². The average molecular weight is 195 g/mol. The van der Waals surface area contributed by atoms with Crippen molar-refractivity contribution in [2.24, 2.45) is 5.73 Å². The number of aryl methyl sites for hydroxylation is 1. The number of rotatable bonds is 6. The maximum atomic E-state index is 6.00. The highest BCUT2D eigenvalue weighted by Gasteiger charge is 2.08. The predicted molar refractivity (Wildman–Crippen MR) is 59.1 cm³/mol. The van der Waals surface area contributed by atoms with Crippen LogP contribution in [-0.2, 0) is 0 Å². The maximum Gasteiger partial charge on any atom is 0.120 e. The quantitative estimate of drug-likeness (QED) is 0.705. The first-order valence-corrected chi connectivity index (χ1v) is 5.56. The van der Waals surface area contributed by atoms with E-state index in [1.54, 1.807) is 0 Å². The van der Waals surface area contributed by atoms with Crippen LogP contribution >= 0.6 is 0 Å². The molecule has 0 aliphatic heterocycles. The number of nitrogens with two attached hydrogens (primary N) is 1. The lowest BCUT2D eigenvalue weighted by atomic mass is 10.1. The van der Waals surface area contributed by atoms with E-state index in [2.05, 4.69) is 6.92 Å². The van der Waals surface area contributed by atoms with Crippen molar-refractivity contribution in [2.75, 3.05) is 0 Å². The number of unbranched alkanes of at least 4 members (excludes halogenated alkanes) is 3. The number of furan rings is 1. The van der Waals surface area contributed by atoms with Crippen molar-refractivity contribution < 1.29 is 4.42 Å². The summed E-state index contributed by atoms with van der Waals surface area (Å²) in [6, 6.07) is 4.04. The molecule has 1 aromatic heterocycles. The Hall–Kier alpha value is -0.760. The fourth-order valence-corrected chi connectivity index (χ4v) is 1.59. The molecule has 1 aromatic rings. The third kappa shape index (κ3) is 3.54. The van der Waals surface area contributed by atoms with E-state index in [1.807, 2.05) is 19.1 Å². The molecule has 1 heterocycles. The molecule has 0 saturated heterocycles. The first-order valence-electron chi connectivity index (χ1n) is 5.56. The summed E-state index contributed by atoms with van der Waals surface area (Å²) >= 11 is 0. The molecule has 80 valence electrons. The Bertz CT molecular complexity index is 255. The lowest BCUT2D eigenvalue weighted by molar-refractivity contribution is 0.425. The van der Waals surface area contributed by atoms with E-state index in [-0.39, 0.29) is 6.04 Å². The summed E-state index contributed by atoms with van der Waals surface area (Å²) in [5.41, 5.74) is 6.00. The second kappa shape index (κ2) is 5.86. The van der Waals surface area contributed by atoms with Crippen molar-refractivity contribution in [1.29, 1.82) is 0 Å². The summed E-state index contributed by atoms with van der Waals surface area (Å²) in [4.78, 5) is 0. The summed E-state index contributed by atoms with van der Waals surface area (Å²) in [7, 11) is 0. The Kier molecular flexibility index (Phi) is 4.74. The molecule has 0 unspecified atom stereocenters. The predicted octanol–water partition coefficient (Wildman–Crippen LogP) is 3.56. The molecule has 0 aromatic carbocycles. The minimum Gasteiger partial charge on any atom is -0.465 e. The van der Waals surface area contributed by atoms with Gasteiger partial charge in [0.2, 0.25) is 0 Å². The molecule has 1 atom stereocenters. The second-order valence-electron chi connectivity index (χ2n) is 3.90. The molecule has 0 aliphatic carbocycles. The Morgan fingerprint density at radius 3 is 2.64 bits per heavy atom. The van der Waals surface area contributed by atoms with Crippen molar-refractivity contribution in [1.82, 2.24) is 0 Å². The highest BCUT2D eigenvalue weighted by atomic mass is 16.3. The minimum absolute atomic E-state index is 0.0838. The zero-order valence-electron chi connectivity index (χ0n) is 9.25. The first-order chi connectivity index (χ1) is 6.74. The van der Waals surface area contributed by atoms with Crippen LogP contribution < -0.4 is 5.73 Å². The molecule has 0 spiro atoms. The fourth-order valence-electron chi connectivity index (χ4n) is 1.59. The van der Waals surface area contributed by atoms with Crippen LogP contribution in [0.15, 0.2) is 16.5 Å². The Balaban J connectivity index is 2.25. The van der Waals surface area contributed by atoms with E-state index in [9.17, 15) is 0 Å². The smallest absolute Gasteiger partial charge is 0.120 e. The van der Waals surface area contributed by atoms with Gasteiger partial charge in [0.1, 0.15) is 11.5 Å². The van der Waals surface area contributed by atoms with Crippen molar-refractivity contribution >= 4 is 0 Å². The molecule has 0 radical (unpaired) electrons. The molecule has 1 rings (SSSR count). The van der Waals surface area contributed by atoms with Crippen LogP contribution in [0.3, 0.4) is 0 Å². The van der Waals surface area contributed by atoms with Crippen LogP contribution in [0, 0.1) is 6.92 Å². The van der Waals surface area contributed by atoms with Gasteiger partial charge < -0.3 is 10.2 Å². The van der Waals surface area contributed by atoms with Crippen LogP contribution in [-0.4, -0.2) is 0 Å². The normalized spacial score (nSPS) is 13.1. The van der Waals surface area contributed by atoms with E-state index in [4.69, 9.17) is 10.2 Å². The summed E-state index contributed by atoms with van der Waals surface area (Å²) < 4.78 is 5.48. The van der Waals surface area contributed by atoms with Crippen molar-refractivity contribution in [3.05, 3.63) is 23.7 Å². The van der Waals surface area contributed by atoms with Crippen LogP contribution in [0.5, 0.6) is 0 Å². The largest absolute Gasteiger partial charge is 0.465 e. The van der Waals surface area contributed by atoms with Gasteiger partial charge in [-0.1, -0.05) is 32.6 Å². The van der Waals surface area contributed by atoms with Crippen molar-refractivity contribution in [3.8, 4) is 0 Å². The molecule has 2 heteroatoms. The third-order valence-electron chi connectivity index (χ3n) is 2.50. The van der Waals surface area contributed by atoms with Gasteiger partial charge in [-0.3, -0.25) is 0 Å². The van der Waals surface area contributed by atoms with Gasteiger partial charge in [0.05, 0.1) is 6.04 Å². The summed E-state index contributed by atoms with van der Waals surface area (Å²) in [5.74, 6) is 1.88. The lowest BCUT2D eigenvalue weighted by Gasteiger charge is -2.07. The standard InChI is InChI=1S/C12H21NO/c1-3-4-5-6-7-11(13)12-9-8-10(2)14-12/h8-9,11H,3-7,13H2,1-2H3/t11-/m1/s1. The van der Waals surface area contributed by atoms with Gasteiger partial charge in [0, 0.05) is 0 Å². The summed E-state index contributed by atoms with van der Waals surface area (Å²) in [6.45, 7) is 4.17. The molecule has 2 N–H and O–H groups in total. The van der Waals surface area contributed by atoms with Gasteiger partial charge in [-0.05, 0) is 25.5 Å². The van der Waals surface area contributed by atoms with Crippen molar-refractivity contribution in [2.45, 2.75) is 52.0 Å². The highest BCUT2D eigenvalue weighted by molar-refractivity contribution is 5.08. The Morgan fingerprint density at radius 1 is 1.29 bits per heavy atom. The van der Waals surface area contributed by atoms with E-state index < -0.39 is 0 Å². The number of hydrogen-bond donors (Lipinski definition) is 1. The van der Waals surface area contributed by atoms with Gasteiger partial charge in [0.15, 0.2) is 0 Å². The molecule has 0 bridgehead atoms. The summed E-state index contributed by atoms with van der Waals surface area (Å²) in [5, 5.41) is 0. The SMILES string of the molecule is CCCCCC[C@@H](N)c1ccc(C)o1. The van der Waals surface area contributed by atoms with Gasteiger partial charge in [-0.15, -0.1) is 0 Å². The van der Waals surface area contributed by atoms with Gasteiger partial charge in [0.25, 0.3) is 0 Å². The minimum atomic E-state index is 0.0838. The molecular formula is C12H21NO. The second-order valence-corrected chi connectivity index (χ2v) is 3.90. The van der Waals surface area contributed by atoms with Crippen LogP contribution in [0.25, 0.3) is 0 Å². The highest BCUT2D eigenvalue weighted by Crippen LogP contribution is 2.19. The molecule has 0 fully saturated rings. The summed E-state index contributed by atoms with van der Waals surface area (Å²) in [6.07, 6.45) is 6.10. The van der Waals surface area contributed by atoms with Crippen LogP contribution in [0.2, 0.25) is 0 Å². The molecule has 14 heavy (non-hydrogen) atoms. The fraction of sp³-hybridized carbons (Fsp3) is 0.667. The number of hydrogen-bond acceptors (Lipinski definition) is 2. The molecule has 0 saturated carbocycles. The Labute approximate surface area is 86.5 Å². The molecule has 2 nitrogen and oxygen atoms in total. The molecule has 0 aliphatic rings. The molecular weight excluding hydrogens is 174 g/mol.